The predicted octanol–water partition coefficient (Wildman–Crippen LogP) is 3.64. The number of guanidine groups is 1. The van der Waals surface area contributed by atoms with Gasteiger partial charge in [0.15, 0.2) is 5.96 Å². The van der Waals surface area contributed by atoms with Gasteiger partial charge in [-0.05, 0) is 39.2 Å². The maximum Gasteiger partial charge on any atom is 0.191 e. The number of aliphatic imine (C=N–C) groups is 1. The van der Waals surface area contributed by atoms with Gasteiger partial charge in [0, 0.05) is 23.2 Å². The molecule has 1 aliphatic carbocycles. The molecule has 5 nitrogen and oxygen atoms in total. The second kappa shape index (κ2) is 8.85. The first-order chi connectivity index (χ1) is 12.2. The van der Waals surface area contributed by atoms with Crippen molar-refractivity contribution in [1.82, 2.24) is 15.6 Å². The molecule has 134 valence electrons. The summed E-state index contributed by atoms with van der Waals surface area (Å²) in [5.74, 6) is 1.76. The van der Waals surface area contributed by atoms with E-state index in [4.69, 9.17) is 9.73 Å². The highest BCUT2D eigenvalue weighted by Crippen LogP contribution is 2.27. The molecular weight excluding hydrogens is 332 g/mol. The molecule has 1 aliphatic rings. The summed E-state index contributed by atoms with van der Waals surface area (Å²) in [6, 6.07) is 8.19. The Morgan fingerprint density at radius 3 is 2.84 bits per heavy atom. The fraction of sp³-hybridized carbons (Fsp3) is 0.474. The van der Waals surface area contributed by atoms with Crippen LogP contribution in [0.5, 0.6) is 5.75 Å². The second-order valence-electron chi connectivity index (χ2n) is 6.19. The summed E-state index contributed by atoms with van der Waals surface area (Å²) in [5, 5.41) is 7.70. The number of para-hydroxylation sites is 1. The third kappa shape index (κ3) is 5.19. The Morgan fingerprint density at radius 2 is 2.16 bits per heavy atom. The van der Waals surface area contributed by atoms with Crippen LogP contribution in [0.4, 0.5) is 0 Å². The van der Waals surface area contributed by atoms with Crippen LogP contribution in [0.3, 0.4) is 0 Å². The van der Waals surface area contributed by atoms with E-state index >= 15 is 0 Å². The van der Waals surface area contributed by atoms with Crippen LogP contribution < -0.4 is 15.4 Å². The van der Waals surface area contributed by atoms with Gasteiger partial charge < -0.3 is 15.4 Å². The number of hydrogen-bond acceptors (Lipinski definition) is 4. The van der Waals surface area contributed by atoms with Crippen LogP contribution in [-0.2, 0) is 13.1 Å². The van der Waals surface area contributed by atoms with Crippen LogP contribution in [0.15, 0.2) is 35.5 Å². The molecule has 0 unspecified atom stereocenters. The van der Waals surface area contributed by atoms with Gasteiger partial charge in [0.25, 0.3) is 0 Å². The molecule has 0 bridgehead atoms. The van der Waals surface area contributed by atoms with Gasteiger partial charge in [-0.1, -0.05) is 18.2 Å². The van der Waals surface area contributed by atoms with Crippen LogP contribution in [-0.4, -0.2) is 23.6 Å². The Balaban J connectivity index is 1.62. The highest BCUT2D eigenvalue weighted by Gasteiger charge is 2.20. The number of ether oxygens (including phenoxy) is 1. The molecule has 0 amide bonds. The van der Waals surface area contributed by atoms with Gasteiger partial charge in [-0.25, -0.2) is 9.98 Å². The van der Waals surface area contributed by atoms with Crippen molar-refractivity contribution in [2.75, 3.05) is 6.54 Å². The molecular formula is C19H26N4OS. The Hall–Kier alpha value is -2.08. The van der Waals surface area contributed by atoms with Crippen LogP contribution in [0.25, 0.3) is 0 Å². The monoisotopic (exact) mass is 358 g/mol. The number of aromatic nitrogens is 1. The van der Waals surface area contributed by atoms with Crippen molar-refractivity contribution in [2.45, 2.75) is 52.3 Å². The summed E-state index contributed by atoms with van der Waals surface area (Å²) in [5.41, 5.74) is 1.12. The number of hydrogen-bond donors (Lipinski definition) is 2. The lowest BCUT2D eigenvalue weighted by molar-refractivity contribution is 0.119. The van der Waals surface area contributed by atoms with Crippen molar-refractivity contribution in [3.8, 4) is 5.75 Å². The average Bonchev–Trinajstić information content (AvgIpc) is 3.00. The van der Waals surface area contributed by atoms with Gasteiger partial charge in [0.05, 0.1) is 19.2 Å². The van der Waals surface area contributed by atoms with Crippen molar-refractivity contribution in [3.63, 3.8) is 0 Å². The minimum Gasteiger partial charge on any atom is -0.490 e. The molecule has 1 fully saturated rings. The van der Waals surface area contributed by atoms with E-state index in [1.54, 1.807) is 11.3 Å². The van der Waals surface area contributed by atoms with Gasteiger partial charge in [-0.2, -0.15) is 0 Å². The molecule has 0 radical (unpaired) electrons. The number of nitrogens with one attached hydrogen (secondary N) is 2. The highest BCUT2D eigenvalue weighted by atomic mass is 32.1. The summed E-state index contributed by atoms with van der Waals surface area (Å²) < 4.78 is 6.09. The molecule has 0 atom stereocenters. The van der Waals surface area contributed by atoms with Crippen LogP contribution >= 0.6 is 11.3 Å². The van der Waals surface area contributed by atoms with Crippen molar-refractivity contribution >= 4 is 17.3 Å². The van der Waals surface area contributed by atoms with E-state index in [-0.39, 0.29) is 0 Å². The van der Waals surface area contributed by atoms with E-state index in [1.165, 1.54) is 11.3 Å². The normalized spacial score (nSPS) is 14.9. The Morgan fingerprint density at radius 1 is 1.32 bits per heavy atom. The van der Waals surface area contributed by atoms with Gasteiger partial charge in [-0.15, -0.1) is 11.3 Å². The molecule has 2 N–H and O–H groups in total. The highest BCUT2D eigenvalue weighted by molar-refractivity contribution is 7.11. The average molecular weight is 359 g/mol. The number of thiazole rings is 1. The number of aryl methyl sites for hydroxylation is 1. The molecule has 1 heterocycles. The Labute approximate surface area is 153 Å². The topological polar surface area (TPSA) is 58.5 Å². The smallest absolute Gasteiger partial charge is 0.191 e. The van der Waals surface area contributed by atoms with E-state index in [9.17, 15) is 0 Å². The van der Waals surface area contributed by atoms with Crippen LogP contribution in [0.2, 0.25) is 0 Å². The van der Waals surface area contributed by atoms with E-state index in [1.807, 2.05) is 24.4 Å². The maximum absolute atomic E-state index is 6.09. The maximum atomic E-state index is 6.09. The second-order valence-corrected chi connectivity index (χ2v) is 7.51. The van der Waals surface area contributed by atoms with E-state index in [0.717, 1.165) is 41.7 Å². The summed E-state index contributed by atoms with van der Waals surface area (Å²) in [6.45, 7) is 6.24. The third-order valence-corrected chi connectivity index (χ3v) is 5.06. The Bertz CT molecular complexity index is 709. The molecule has 1 saturated carbocycles. The standard InChI is InChI=1S/C19H26N4OS/c1-3-20-19(23-13-18-21-11-14(2)25-18)22-12-15-7-4-5-10-17(15)24-16-8-6-9-16/h4-5,7,10-11,16H,3,6,8-9,12-13H2,1-2H3,(H2,20,22,23). The molecule has 1 aromatic heterocycles. The zero-order valence-electron chi connectivity index (χ0n) is 14.9. The molecule has 3 rings (SSSR count). The van der Waals surface area contributed by atoms with Crippen molar-refractivity contribution in [3.05, 3.63) is 45.9 Å². The quantitative estimate of drug-likeness (QED) is 0.586. The van der Waals surface area contributed by atoms with E-state index in [2.05, 4.69) is 35.5 Å². The lowest BCUT2D eigenvalue weighted by Crippen LogP contribution is -2.36. The largest absolute Gasteiger partial charge is 0.490 e. The SMILES string of the molecule is CCNC(=NCc1ccccc1OC1CCC1)NCc1ncc(C)s1. The molecule has 1 aromatic carbocycles. The van der Waals surface area contributed by atoms with E-state index in [0.29, 0.717) is 19.2 Å². The fourth-order valence-corrected chi connectivity index (χ4v) is 3.29. The van der Waals surface area contributed by atoms with Crippen molar-refractivity contribution in [2.24, 2.45) is 4.99 Å². The van der Waals surface area contributed by atoms with Crippen molar-refractivity contribution < 1.29 is 4.74 Å². The van der Waals surface area contributed by atoms with Crippen molar-refractivity contribution in [1.29, 1.82) is 0 Å². The molecule has 0 aliphatic heterocycles. The summed E-state index contributed by atoms with van der Waals surface area (Å²) in [4.78, 5) is 10.3. The number of benzene rings is 1. The first-order valence-corrected chi connectivity index (χ1v) is 9.74. The first-order valence-electron chi connectivity index (χ1n) is 8.92. The predicted molar refractivity (Wildman–Crippen MR) is 103 cm³/mol. The van der Waals surface area contributed by atoms with Gasteiger partial charge in [0.1, 0.15) is 10.8 Å². The molecule has 2 aromatic rings. The zero-order chi connectivity index (χ0) is 17.5. The number of nitrogens with zero attached hydrogens (tertiary/aromatic N) is 2. The third-order valence-electron chi connectivity index (χ3n) is 4.15. The first kappa shape index (κ1) is 17.7. The van der Waals surface area contributed by atoms with Crippen LogP contribution in [0.1, 0.15) is 41.6 Å². The van der Waals surface area contributed by atoms with E-state index < -0.39 is 0 Å². The molecule has 25 heavy (non-hydrogen) atoms. The Kier molecular flexibility index (Phi) is 6.28. The summed E-state index contributed by atoms with van der Waals surface area (Å²) in [7, 11) is 0. The lowest BCUT2D eigenvalue weighted by Gasteiger charge is -2.27. The summed E-state index contributed by atoms with van der Waals surface area (Å²) >= 11 is 1.70. The molecule has 0 saturated heterocycles. The minimum absolute atomic E-state index is 0.379. The van der Waals surface area contributed by atoms with Gasteiger partial charge in [0.2, 0.25) is 0 Å². The molecule has 6 heteroatoms. The van der Waals surface area contributed by atoms with Gasteiger partial charge in [-0.3, -0.25) is 0 Å². The summed E-state index contributed by atoms with van der Waals surface area (Å²) in [6.07, 6.45) is 5.88. The number of rotatable bonds is 7. The van der Waals surface area contributed by atoms with Crippen LogP contribution in [0, 0.1) is 6.92 Å². The van der Waals surface area contributed by atoms with Gasteiger partial charge >= 0.3 is 0 Å². The minimum atomic E-state index is 0.379. The molecule has 0 spiro atoms. The zero-order valence-corrected chi connectivity index (χ0v) is 15.7. The lowest BCUT2D eigenvalue weighted by atomic mass is 9.96. The fourth-order valence-electron chi connectivity index (χ4n) is 2.57.